The Morgan fingerprint density at radius 2 is 1.64 bits per heavy atom. The molecule has 1 aromatic heterocycles. The predicted octanol–water partition coefficient (Wildman–Crippen LogP) is 3.62. The molecule has 0 bridgehead atoms. The molecule has 4 heteroatoms. The van der Waals surface area contributed by atoms with E-state index in [-0.39, 0.29) is 0 Å². The Balaban J connectivity index is 2.84. The van der Waals surface area contributed by atoms with Crippen LogP contribution in [-0.4, -0.2) is 10.7 Å². The molecule has 0 fully saturated rings. The summed E-state index contributed by atoms with van der Waals surface area (Å²) in [7, 11) is 0. The van der Waals surface area contributed by atoms with Crippen LogP contribution in [0.5, 0.6) is 0 Å². The van der Waals surface area contributed by atoms with Gasteiger partial charge in [-0.2, -0.15) is 13.2 Å². The molecule has 0 aromatic carbocycles. The van der Waals surface area contributed by atoms with Crippen LogP contribution >= 0.6 is 0 Å². The Bertz CT molecular complexity index is 292. The molecule has 1 heterocycles. The average Bonchev–Trinajstić information content (AvgIpc) is 2.27. The van der Waals surface area contributed by atoms with E-state index in [9.17, 15) is 13.2 Å². The summed E-state index contributed by atoms with van der Waals surface area (Å²) < 4.78 is 38.2. The average molecular weight is 205 g/mol. The minimum atomic E-state index is -4.09. The van der Waals surface area contributed by atoms with Crippen LogP contribution in [0.1, 0.15) is 30.8 Å². The normalized spacial score (nSPS) is 14.4. The molecule has 0 N–H and O–H groups in total. The molecule has 0 aliphatic heterocycles. The van der Waals surface area contributed by atoms with E-state index in [1.54, 1.807) is 11.5 Å². The van der Waals surface area contributed by atoms with Crippen LogP contribution in [-0.2, 0) is 0 Å². The first kappa shape index (κ1) is 11.1. The van der Waals surface area contributed by atoms with Crippen molar-refractivity contribution < 1.29 is 13.2 Å². The van der Waals surface area contributed by atoms with Gasteiger partial charge in [-0.15, -0.1) is 0 Å². The molecule has 1 atom stereocenters. The van der Waals surface area contributed by atoms with E-state index >= 15 is 0 Å². The van der Waals surface area contributed by atoms with Gasteiger partial charge in [0.05, 0.1) is 6.42 Å². The molecule has 0 aliphatic rings. The first-order chi connectivity index (χ1) is 6.31. The van der Waals surface area contributed by atoms with Gasteiger partial charge >= 0.3 is 6.18 Å². The minimum absolute atomic E-state index is 0.523. The van der Waals surface area contributed by atoms with E-state index in [1.807, 2.05) is 26.0 Å². The number of hydrogen-bond donors (Lipinski definition) is 0. The van der Waals surface area contributed by atoms with E-state index in [1.165, 1.54) is 0 Å². The van der Waals surface area contributed by atoms with Gasteiger partial charge in [-0.3, -0.25) is 0 Å². The van der Waals surface area contributed by atoms with Crippen LogP contribution in [0.25, 0.3) is 0 Å². The lowest BCUT2D eigenvalue weighted by Gasteiger charge is -2.19. The van der Waals surface area contributed by atoms with Gasteiger partial charge in [0, 0.05) is 17.4 Å². The fraction of sp³-hybridized carbons (Fsp3) is 0.600. The van der Waals surface area contributed by atoms with E-state index in [2.05, 4.69) is 0 Å². The van der Waals surface area contributed by atoms with Crippen molar-refractivity contribution in [2.75, 3.05) is 0 Å². The van der Waals surface area contributed by atoms with Crippen LogP contribution in [0.15, 0.2) is 12.1 Å². The molecular weight excluding hydrogens is 191 g/mol. The van der Waals surface area contributed by atoms with Crippen molar-refractivity contribution in [1.29, 1.82) is 0 Å². The zero-order chi connectivity index (χ0) is 10.9. The fourth-order valence-electron chi connectivity index (χ4n) is 1.80. The third-order valence-corrected chi connectivity index (χ3v) is 2.29. The van der Waals surface area contributed by atoms with Gasteiger partial charge < -0.3 is 4.57 Å². The molecule has 80 valence electrons. The van der Waals surface area contributed by atoms with Crippen molar-refractivity contribution in [3.8, 4) is 0 Å². The lowest BCUT2D eigenvalue weighted by molar-refractivity contribution is -0.141. The second-order valence-corrected chi connectivity index (χ2v) is 3.65. The number of alkyl halides is 3. The van der Waals surface area contributed by atoms with Gasteiger partial charge in [-0.25, -0.2) is 0 Å². The maximum Gasteiger partial charge on any atom is 0.391 e. The summed E-state index contributed by atoms with van der Waals surface area (Å²) in [6.07, 6.45) is -4.87. The molecule has 1 aromatic rings. The summed E-state index contributed by atoms with van der Waals surface area (Å²) in [5, 5.41) is 0. The van der Waals surface area contributed by atoms with Gasteiger partial charge in [0.1, 0.15) is 0 Å². The van der Waals surface area contributed by atoms with E-state index in [0.717, 1.165) is 11.4 Å². The van der Waals surface area contributed by atoms with E-state index < -0.39 is 18.6 Å². The summed E-state index contributed by atoms with van der Waals surface area (Å²) in [6.45, 7) is 5.23. The van der Waals surface area contributed by atoms with Crippen molar-refractivity contribution >= 4 is 0 Å². The Hall–Kier alpha value is -0.930. The van der Waals surface area contributed by atoms with Crippen molar-refractivity contribution in [2.24, 2.45) is 0 Å². The molecule has 0 spiro atoms. The number of hydrogen-bond acceptors (Lipinski definition) is 0. The van der Waals surface area contributed by atoms with Gasteiger partial charge in [-0.1, -0.05) is 0 Å². The lowest BCUT2D eigenvalue weighted by atomic mass is 10.2. The Kier molecular flexibility index (Phi) is 2.92. The SMILES string of the molecule is Cc1ccc(C)n1C(C)CC(F)(F)F. The van der Waals surface area contributed by atoms with Gasteiger partial charge in [-0.05, 0) is 32.9 Å². The highest BCUT2D eigenvalue weighted by atomic mass is 19.4. The standard InChI is InChI=1S/C10H14F3N/c1-7-4-5-8(2)14(7)9(3)6-10(11,12)13/h4-5,9H,6H2,1-3H3. The number of halogens is 3. The zero-order valence-corrected chi connectivity index (χ0v) is 8.52. The van der Waals surface area contributed by atoms with Crippen molar-refractivity contribution in [3.63, 3.8) is 0 Å². The van der Waals surface area contributed by atoms with Gasteiger partial charge in [0.25, 0.3) is 0 Å². The third-order valence-electron chi connectivity index (χ3n) is 2.29. The zero-order valence-electron chi connectivity index (χ0n) is 8.52. The monoisotopic (exact) mass is 205 g/mol. The summed E-state index contributed by atoms with van der Waals surface area (Å²) in [4.78, 5) is 0. The molecule has 0 aliphatic carbocycles. The molecular formula is C10H14F3N. The van der Waals surface area contributed by atoms with Crippen molar-refractivity contribution in [1.82, 2.24) is 4.57 Å². The largest absolute Gasteiger partial charge is 0.391 e. The molecule has 1 unspecified atom stereocenters. The van der Waals surface area contributed by atoms with Gasteiger partial charge in [0.15, 0.2) is 0 Å². The second-order valence-electron chi connectivity index (χ2n) is 3.65. The number of aryl methyl sites for hydroxylation is 2. The highest BCUT2D eigenvalue weighted by molar-refractivity contribution is 5.14. The maximum atomic E-state index is 12.1. The fourth-order valence-corrected chi connectivity index (χ4v) is 1.80. The van der Waals surface area contributed by atoms with Crippen LogP contribution < -0.4 is 0 Å². The molecule has 0 amide bonds. The predicted molar refractivity (Wildman–Crippen MR) is 49.3 cm³/mol. The minimum Gasteiger partial charge on any atom is -0.346 e. The van der Waals surface area contributed by atoms with E-state index in [0.29, 0.717) is 0 Å². The summed E-state index contributed by atoms with van der Waals surface area (Å²) in [5.74, 6) is 0. The molecule has 14 heavy (non-hydrogen) atoms. The van der Waals surface area contributed by atoms with Gasteiger partial charge in [0.2, 0.25) is 0 Å². The van der Waals surface area contributed by atoms with Crippen LogP contribution in [0.4, 0.5) is 13.2 Å². The summed E-state index contributed by atoms with van der Waals surface area (Å²) >= 11 is 0. The lowest BCUT2D eigenvalue weighted by Crippen LogP contribution is -2.18. The number of nitrogens with zero attached hydrogens (tertiary/aromatic N) is 1. The quantitative estimate of drug-likeness (QED) is 0.695. The molecule has 0 saturated carbocycles. The molecule has 0 saturated heterocycles. The van der Waals surface area contributed by atoms with Crippen LogP contribution in [0.3, 0.4) is 0 Å². The smallest absolute Gasteiger partial charge is 0.346 e. The number of aromatic nitrogens is 1. The van der Waals surface area contributed by atoms with Crippen molar-refractivity contribution in [2.45, 2.75) is 39.4 Å². The Labute approximate surface area is 81.5 Å². The highest BCUT2D eigenvalue weighted by Crippen LogP contribution is 2.29. The Morgan fingerprint density at radius 3 is 2.00 bits per heavy atom. The first-order valence-corrected chi connectivity index (χ1v) is 4.52. The van der Waals surface area contributed by atoms with E-state index in [4.69, 9.17) is 0 Å². The summed E-state index contributed by atoms with van der Waals surface area (Å²) in [6, 6.07) is 3.15. The summed E-state index contributed by atoms with van der Waals surface area (Å²) in [5.41, 5.74) is 1.75. The first-order valence-electron chi connectivity index (χ1n) is 4.52. The van der Waals surface area contributed by atoms with Crippen LogP contribution in [0, 0.1) is 13.8 Å². The maximum absolute atomic E-state index is 12.1. The van der Waals surface area contributed by atoms with Crippen LogP contribution in [0.2, 0.25) is 0 Å². The number of rotatable bonds is 2. The Morgan fingerprint density at radius 1 is 1.21 bits per heavy atom. The second kappa shape index (κ2) is 3.67. The highest BCUT2D eigenvalue weighted by Gasteiger charge is 2.31. The molecule has 1 nitrogen and oxygen atoms in total. The van der Waals surface area contributed by atoms with Crippen molar-refractivity contribution in [3.05, 3.63) is 23.5 Å². The topological polar surface area (TPSA) is 4.93 Å². The molecule has 1 rings (SSSR count). The third kappa shape index (κ3) is 2.53. The molecule has 0 radical (unpaired) electrons.